The highest BCUT2D eigenvalue weighted by molar-refractivity contribution is 6.06. The number of hydrogen-bond donors (Lipinski definition) is 3. The van der Waals surface area contributed by atoms with E-state index in [1.165, 1.54) is 0 Å². The van der Waals surface area contributed by atoms with Crippen molar-refractivity contribution in [3.63, 3.8) is 0 Å². The molecule has 0 aliphatic heterocycles. The molecule has 0 saturated carbocycles. The number of amides is 1. The van der Waals surface area contributed by atoms with Crippen LogP contribution in [0.1, 0.15) is 18.1 Å². The lowest BCUT2D eigenvalue weighted by Gasteiger charge is -2.22. The number of pyridine rings is 1. The van der Waals surface area contributed by atoms with Crippen LogP contribution in [0.15, 0.2) is 60.7 Å². The molecular weight excluding hydrogens is 398 g/mol. The average Bonchev–Trinajstić information content (AvgIpc) is 2.76. The second-order valence-electron chi connectivity index (χ2n) is 8.39. The molecule has 3 aromatic carbocycles. The first kappa shape index (κ1) is 21.6. The molecule has 6 nitrogen and oxygen atoms in total. The summed E-state index contributed by atoms with van der Waals surface area (Å²) in [5, 5.41) is 8.53. The van der Waals surface area contributed by atoms with Gasteiger partial charge in [0.25, 0.3) is 0 Å². The molecule has 0 bridgehead atoms. The third-order valence-electron chi connectivity index (χ3n) is 5.83. The van der Waals surface area contributed by atoms with Crippen LogP contribution in [-0.2, 0) is 11.2 Å². The Kier molecular flexibility index (Phi) is 5.97. The van der Waals surface area contributed by atoms with Gasteiger partial charge in [0.1, 0.15) is 0 Å². The van der Waals surface area contributed by atoms with Crippen molar-refractivity contribution in [2.45, 2.75) is 26.4 Å². The molecule has 0 radical (unpaired) electrons. The Morgan fingerprint density at radius 2 is 1.78 bits per heavy atom. The summed E-state index contributed by atoms with van der Waals surface area (Å²) in [6.45, 7) is 4.01. The van der Waals surface area contributed by atoms with Gasteiger partial charge in [-0.3, -0.25) is 9.69 Å². The Balaban J connectivity index is 1.86. The summed E-state index contributed by atoms with van der Waals surface area (Å²) < 4.78 is 0. The molecular formula is C26H29N5O. The Morgan fingerprint density at radius 1 is 1.03 bits per heavy atom. The van der Waals surface area contributed by atoms with E-state index in [1.54, 1.807) is 0 Å². The van der Waals surface area contributed by atoms with E-state index >= 15 is 0 Å². The minimum absolute atomic E-state index is 0.0289. The molecule has 1 aromatic heterocycles. The van der Waals surface area contributed by atoms with Crippen LogP contribution in [-0.4, -0.2) is 36.1 Å². The first-order chi connectivity index (χ1) is 15.3. The molecule has 1 amide bonds. The molecule has 32 heavy (non-hydrogen) atoms. The maximum atomic E-state index is 13.0. The average molecular weight is 428 g/mol. The van der Waals surface area contributed by atoms with Crippen molar-refractivity contribution >= 4 is 44.8 Å². The van der Waals surface area contributed by atoms with E-state index in [0.29, 0.717) is 5.69 Å². The summed E-state index contributed by atoms with van der Waals surface area (Å²) in [4.78, 5) is 19.8. The van der Waals surface area contributed by atoms with Crippen molar-refractivity contribution < 1.29 is 4.79 Å². The maximum Gasteiger partial charge on any atom is 0.225 e. The number of aryl methyl sites for hydroxylation is 1. The highest BCUT2D eigenvalue weighted by atomic mass is 16.1. The zero-order valence-electron chi connectivity index (χ0n) is 18.9. The SMILES string of the molecule is Cc1ccc(N)cc1Nc1cccc2nc3ccccc3c(CC(=O)NC(C)N(C)C)c12. The molecule has 0 aliphatic carbocycles. The quantitative estimate of drug-likeness (QED) is 0.238. The van der Waals surface area contributed by atoms with Crippen LogP contribution in [0.2, 0.25) is 0 Å². The topological polar surface area (TPSA) is 83.3 Å². The molecule has 4 rings (SSSR count). The number of nitrogens with one attached hydrogen (secondary N) is 2. The predicted molar refractivity (Wildman–Crippen MR) is 133 cm³/mol. The number of fused-ring (bicyclic) bond motifs is 2. The van der Waals surface area contributed by atoms with Gasteiger partial charge < -0.3 is 16.4 Å². The standard InChI is InChI=1S/C26H29N5O/c1-16-12-13-18(27)14-24(16)30-23-11-7-10-22-26(23)20(15-25(32)28-17(2)31(3)4)19-8-5-6-9-21(19)29-22/h5-14,17,30H,15,27H2,1-4H3,(H,28,32). The lowest BCUT2D eigenvalue weighted by molar-refractivity contribution is -0.121. The second kappa shape index (κ2) is 8.85. The van der Waals surface area contributed by atoms with Gasteiger partial charge in [0, 0.05) is 27.8 Å². The van der Waals surface area contributed by atoms with Crippen LogP contribution < -0.4 is 16.4 Å². The number of nitrogens with zero attached hydrogens (tertiary/aromatic N) is 2. The van der Waals surface area contributed by atoms with Crippen molar-refractivity contribution in [1.82, 2.24) is 15.2 Å². The fraction of sp³-hybridized carbons (Fsp3) is 0.231. The van der Waals surface area contributed by atoms with Gasteiger partial charge in [0.05, 0.1) is 23.6 Å². The van der Waals surface area contributed by atoms with Crippen molar-refractivity contribution in [2.24, 2.45) is 0 Å². The Hall–Kier alpha value is -3.64. The molecule has 0 saturated heterocycles. The Labute approximate surface area is 188 Å². The van der Waals surface area contributed by atoms with E-state index in [1.807, 2.05) is 93.5 Å². The molecule has 4 N–H and O–H groups in total. The number of hydrogen-bond acceptors (Lipinski definition) is 5. The predicted octanol–water partition coefficient (Wildman–Crippen LogP) is 4.59. The van der Waals surface area contributed by atoms with Crippen LogP contribution in [0.4, 0.5) is 17.1 Å². The second-order valence-corrected chi connectivity index (χ2v) is 8.39. The van der Waals surface area contributed by atoms with Crippen LogP contribution in [0.25, 0.3) is 21.8 Å². The number of carbonyl (C=O) groups excluding carboxylic acids is 1. The van der Waals surface area contributed by atoms with Gasteiger partial charge in [-0.25, -0.2) is 4.98 Å². The van der Waals surface area contributed by atoms with Gasteiger partial charge in [0.15, 0.2) is 0 Å². The smallest absolute Gasteiger partial charge is 0.225 e. The fourth-order valence-electron chi connectivity index (χ4n) is 3.82. The number of nitrogen functional groups attached to an aromatic ring is 1. The maximum absolute atomic E-state index is 13.0. The molecule has 164 valence electrons. The molecule has 0 fully saturated rings. The summed E-state index contributed by atoms with van der Waals surface area (Å²) in [6.07, 6.45) is 0.196. The minimum atomic E-state index is -0.0607. The largest absolute Gasteiger partial charge is 0.399 e. The lowest BCUT2D eigenvalue weighted by Crippen LogP contribution is -2.43. The summed E-state index contributed by atoms with van der Waals surface area (Å²) in [6, 6.07) is 19.8. The van der Waals surface area contributed by atoms with Gasteiger partial charge in [-0.2, -0.15) is 0 Å². The number of para-hydroxylation sites is 1. The van der Waals surface area contributed by atoms with Gasteiger partial charge >= 0.3 is 0 Å². The third-order valence-corrected chi connectivity index (χ3v) is 5.83. The van der Waals surface area contributed by atoms with Crippen molar-refractivity contribution in [3.05, 3.63) is 71.8 Å². The highest BCUT2D eigenvalue weighted by Gasteiger charge is 2.17. The van der Waals surface area contributed by atoms with Crippen molar-refractivity contribution in [2.75, 3.05) is 25.1 Å². The summed E-state index contributed by atoms with van der Waals surface area (Å²) in [7, 11) is 3.89. The highest BCUT2D eigenvalue weighted by Crippen LogP contribution is 2.34. The number of nitrogens with two attached hydrogens (primary N) is 1. The van der Waals surface area contributed by atoms with Gasteiger partial charge in [0.2, 0.25) is 5.91 Å². The molecule has 1 heterocycles. The van der Waals surface area contributed by atoms with Crippen LogP contribution in [0.5, 0.6) is 0 Å². The minimum Gasteiger partial charge on any atom is -0.399 e. The van der Waals surface area contributed by atoms with Crippen molar-refractivity contribution in [3.8, 4) is 0 Å². The van der Waals surface area contributed by atoms with Gasteiger partial charge in [-0.1, -0.05) is 30.3 Å². The van der Waals surface area contributed by atoms with E-state index in [0.717, 1.165) is 44.3 Å². The molecule has 6 heteroatoms. The summed E-state index contributed by atoms with van der Waals surface area (Å²) in [5.41, 5.74) is 12.3. The molecule has 4 aromatic rings. The van der Waals surface area contributed by atoms with E-state index in [2.05, 4.69) is 10.6 Å². The van der Waals surface area contributed by atoms with Gasteiger partial charge in [-0.15, -0.1) is 0 Å². The molecule has 1 atom stereocenters. The zero-order chi connectivity index (χ0) is 22.8. The third kappa shape index (κ3) is 4.36. The molecule has 1 unspecified atom stereocenters. The zero-order valence-corrected chi connectivity index (χ0v) is 18.9. The number of carbonyl (C=O) groups is 1. The Bertz CT molecular complexity index is 1300. The van der Waals surface area contributed by atoms with E-state index in [-0.39, 0.29) is 18.5 Å². The number of benzene rings is 3. The fourth-order valence-corrected chi connectivity index (χ4v) is 3.82. The monoisotopic (exact) mass is 427 g/mol. The lowest BCUT2D eigenvalue weighted by atomic mass is 9.98. The van der Waals surface area contributed by atoms with Crippen LogP contribution >= 0.6 is 0 Å². The first-order valence-corrected chi connectivity index (χ1v) is 10.7. The normalized spacial score (nSPS) is 12.3. The molecule has 0 aliphatic rings. The van der Waals surface area contributed by atoms with E-state index < -0.39 is 0 Å². The molecule has 0 spiro atoms. The van der Waals surface area contributed by atoms with Crippen LogP contribution in [0, 0.1) is 6.92 Å². The first-order valence-electron chi connectivity index (χ1n) is 10.7. The van der Waals surface area contributed by atoms with E-state index in [9.17, 15) is 4.79 Å². The number of anilines is 3. The Morgan fingerprint density at radius 3 is 2.56 bits per heavy atom. The number of aromatic nitrogens is 1. The summed E-state index contributed by atoms with van der Waals surface area (Å²) in [5.74, 6) is -0.0289. The van der Waals surface area contributed by atoms with Gasteiger partial charge in [-0.05, 0) is 69.4 Å². The van der Waals surface area contributed by atoms with Crippen molar-refractivity contribution in [1.29, 1.82) is 0 Å². The van der Waals surface area contributed by atoms with E-state index in [4.69, 9.17) is 10.7 Å². The van der Waals surface area contributed by atoms with Crippen LogP contribution in [0.3, 0.4) is 0 Å². The summed E-state index contributed by atoms with van der Waals surface area (Å²) >= 11 is 0. The number of rotatable bonds is 6.